The number of halogens is 3. The van der Waals surface area contributed by atoms with E-state index < -0.39 is 11.7 Å². The number of benzene rings is 2. The molecular formula is C25H28F3N5O2. The van der Waals surface area contributed by atoms with Gasteiger partial charge in [0.2, 0.25) is 11.7 Å². The van der Waals surface area contributed by atoms with E-state index in [2.05, 4.69) is 10.1 Å². The quantitative estimate of drug-likeness (QED) is 0.356. The van der Waals surface area contributed by atoms with Gasteiger partial charge in [-0.1, -0.05) is 38.1 Å². The molecule has 1 aliphatic rings. The van der Waals surface area contributed by atoms with Crippen molar-refractivity contribution in [2.75, 3.05) is 6.54 Å². The molecular weight excluding hydrogens is 459 g/mol. The summed E-state index contributed by atoms with van der Waals surface area (Å²) in [6.45, 7) is 6.94. The van der Waals surface area contributed by atoms with E-state index in [1.165, 1.54) is 12.1 Å². The van der Waals surface area contributed by atoms with E-state index in [1.807, 2.05) is 39.0 Å². The zero-order valence-electron chi connectivity index (χ0n) is 19.8. The number of nitrogens with two attached hydrogens (primary N) is 1. The summed E-state index contributed by atoms with van der Waals surface area (Å²) >= 11 is 0. The van der Waals surface area contributed by atoms with Crippen molar-refractivity contribution >= 4 is 5.96 Å². The normalized spacial score (nSPS) is 16.5. The fraction of sp³-hybridized carbons (Fsp3) is 0.400. The zero-order valence-corrected chi connectivity index (χ0v) is 19.8. The molecule has 0 saturated carbocycles. The van der Waals surface area contributed by atoms with Gasteiger partial charge in [0.05, 0.1) is 5.56 Å². The van der Waals surface area contributed by atoms with Crippen molar-refractivity contribution in [2.24, 2.45) is 5.73 Å². The van der Waals surface area contributed by atoms with E-state index >= 15 is 0 Å². The largest absolute Gasteiger partial charge is 0.489 e. The maximum absolute atomic E-state index is 12.8. The topological polar surface area (TPSA) is 101 Å². The zero-order chi connectivity index (χ0) is 25.4. The highest BCUT2D eigenvalue weighted by Gasteiger charge is 2.32. The van der Waals surface area contributed by atoms with Gasteiger partial charge in [0.25, 0.3) is 0 Å². The van der Waals surface area contributed by atoms with E-state index in [4.69, 9.17) is 20.4 Å². The van der Waals surface area contributed by atoms with Crippen LogP contribution in [-0.2, 0) is 18.2 Å². The third-order valence-corrected chi connectivity index (χ3v) is 6.01. The minimum absolute atomic E-state index is 0.0168. The Hall–Kier alpha value is -3.56. The molecule has 3 N–H and O–H groups in total. The maximum atomic E-state index is 12.8. The van der Waals surface area contributed by atoms with Crippen LogP contribution in [0.1, 0.15) is 62.2 Å². The van der Waals surface area contributed by atoms with Crippen LogP contribution in [0.5, 0.6) is 5.75 Å². The molecule has 10 heteroatoms. The van der Waals surface area contributed by atoms with Crippen LogP contribution in [0.3, 0.4) is 0 Å². The first kappa shape index (κ1) is 24.6. The van der Waals surface area contributed by atoms with Gasteiger partial charge in [-0.05, 0) is 54.2 Å². The van der Waals surface area contributed by atoms with Crippen LogP contribution in [0.2, 0.25) is 0 Å². The molecule has 7 nitrogen and oxygen atoms in total. The SMILES string of the molecule is CC(C)(C)c1cc(-c2noc([C@@H]3CCCN3C(=N)N)n2)ccc1OCc1ccc(C(F)(F)F)cc1. The van der Waals surface area contributed by atoms with Crippen molar-refractivity contribution in [1.82, 2.24) is 15.0 Å². The first-order valence-corrected chi connectivity index (χ1v) is 11.3. The summed E-state index contributed by atoms with van der Waals surface area (Å²) in [5.74, 6) is 1.46. The molecule has 2 aromatic carbocycles. The Bertz CT molecular complexity index is 1200. The highest BCUT2D eigenvalue weighted by atomic mass is 19.4. The Balaban J connectivity index is 1.55. The summed E-state index contributed by atoms with van der Waals surface area (Å²) in [6.07, 6.45) is -2.70. The summed E-state index contributed by atoms with van der Waals surface area (Å²) in [6, 6.07) is 10.3. The standard InChI is InChI=1S/C25H28F3N5O2/c1-24(2,3)18-13-16(21-31-22(35-32-21)19-5-4-12-33(19)23(29)30)8-11-20(18)34-14-15-6-9-17(10-7-15)25(26,27)28/h6-11,13,19H,4-5,12,14H2,1-3H3,(H3,29,30)/t19-/m0/s1. The van der Waals surface area contributed by atoms with E-state index in [1.54, 1.807) is 4.90 Å². The number of aromatic nitrogens is 2. The van der Waals surface area contributed by atoms with Gasteiger partial charge in [-0.15, -0.1) is 0 Å². The van der Waals surface area contributed by atoms with Crippen LogP contribution in [0.25, 0.3) is 11.4 Å². The van der Waals surface area contributed by atoms with Gasteiger partial charge in [-0.25, -0.2) is 0 Å². The van der Waals surface area contributed by atoms with Crippen molar-refractivity contribution in [3.05, 3.63) is 65.0 Å². The fourth-order valence-electron chi connectivity index (χ4n) is 4.13. The number of hydrogen-bond donors (Lipinski definition) is 2. The van der Waals surface area contributed by atoms with Crippen molar-refractivity contribution in [1.29, 1.82) is 5.41 Å². The highest BCUT2D eigenvalue weighted by molar-refractivity contribution is 5.75. The van der Waals surface area contributed by atoms with E-state index in [0.29, 0.717) is 29.6 Å². The Kier molecular flexibility index (Phi) is 6.48. The van der Waals surface area contributed by atoms with Crippen LogP contribution in [0.4, 0.5) is 13.2 Å². The lowest BCUT2D eigenvalue weighted by atomic mass is 9.85. The van der Waals surface area contributed by atoms with Crippen molar-refractivity contribution in [3.63, 3.8) is 0 Å². The lowest BCUT2D eigenvalue weighted by Crippen LogP contribution is -2.35. The molecule has 0 radical (unpaired) electrons. The van der Waals surface area contributed by atoms with E-state index in [-0.39, 0.29) is 24.0 Å². The molecule has 0 unspecified atom stereocenters. The summed E-state index contributed by atoms with van der Waals surface area (Å²) in [5.41, 5.74) is 6.99. The van der Waals surface area contributed by atoms with Gasteiger partial charge in [0, 0.05) is 17.7 Å². The van der Waals surface area contributed by atoms with Gasteiger partial charge in [-0.3, -0.25) is 5.41 Å². The molecule has 35 heavy (non-hydrogen) atoms. The van der Waals surface area contributed by atoms with Gasteiger partial charge >= 0.3 is 6.18 Å². The predicted molar refractivity (Wildman–Crippen MR) is 125 cm³/mol. The fourth-order valence-corrected chi connectivity index (χ4v) is 4.13. The monoisotopic (exact) mass is 487 g/mol. The Morgan fingerprint density at radius 3 is 2.51 bits per heavy atom. The van der Waals surface area contributed by atoms with Crippen molar-refractivity contribution in [2.45, 2.75) is 57.9 Å². The van der Waals surface area contributed by atoms with Crippen LogP contribution in [-0.4, -0.2) is 27.5 Å². The lowest BCUT2D eigenvalue weighted by Gasteiger charge is -2.23. The molecule has 1 saturated heterocycles. The molecule has 1 fully saturated rings. The second-order valence-electron chi connectivity index (χ2n) is 9.64. The van der Waals surface area contributed by atoms with E-state index in [9.17, 15) is 13.2 Å². The van der Waals surface area contributed by atoms with Gasteiger partial charge < -0.3 is 19.9 Å². The summed E-state index contributed by atoms with van der Waals surface area (Å²) in [4.78, 5) is 6.31. The number of rotatable bonds is 5. The minimum Gasteiger partial charge on any atom is -0.489 e. The summed E-state index contributed by atoms with van der Waals surface area (Å²) in [7, 11) is 0. The minimum atomic E-state index is -4.37. The number of alkyl halides is 3. The average molecular weight is 488 g/mol. The van der Waals surface area contributed by atoms with Crippen LogP contribution in [0, 0.1) is 5.41 Å². The average Bonchev–Trinajstić information content (AvgIpc) is 3.46. The maximum Gasteiger partial charge on any atom is 0.416 e. The van der Waals surface area contributed by atoms with Crippen LogP contribution < -0.4 is 10.5 Å². The van der Waals surface area contributed by atoms with Gasteiger partial charge in [0.1, 0.15) is 18.4 Å². The van der Waals surface area contributed by atoms with Gasteiger partial charge in [-0.2, -0.15) is 18.2 Å². The Morgan fingerprint density at radius 1 is 1.17 bits per heavy atom. The molecule has 186 valence electrons. The molecule has 4 rings (SSSR count). The molecule has 1 aromatic heterocycles. The van der Waals surface area contributed by atoms with Gasteiger partial charge in [0.15, 0.2) is 5.96 Å². The summed E-state index contributed by atoms with van der Waals surface area (Å²) < 4.78 is 49.9. The highest BCUT2D eigenvalue weighted by Crippen LogP contribution is 2.36. The second-order valence-corrected chi connectivity index (χ2v) is 9.64. The molecule has 0 aliphatic carbocycles. The second kappa shape index (κ2) is 9.24. The molecule has 0 spiro atoms. The lowest BCUT2D eigenvalue weighted by molar-refractivity contribution is -0.137. The third-order valence-electron chi connectivity index (χ3n) is 6.01. The number of likely N-dealkylation sites (tertiary alicyclic amines) is 1. The number of guanidine groups is 1. The van der Waals surface area contributed by atoms with Crippen molar-refractivity contribution < 1.29 is 22.4 Å². The molecule has 3 aromatic rings. The van der Waals surface area contributed by atoms with Crippen LogP contribution >= 0.6 is 0 Å². The number of nitrogens with one attached hydrogen (secondary N) is 1. The first-order valence-electron chi connectivity index (χ1n) is 11.3. The molecule has 0 amide bonds. The summed E-state index contributed by atoms with van der Waals surface area (Å²) in [5, 5.41) is 11.9. The van der Waals surface area contributed by atoms with Crippen molar-refractivity contribution in [3.8, 4) is 17.1 Å². The molecule has 2 heterocycles. The number of ether oxygens (including phenoxy) is 1. The smallest absolute Gasteiger partial charge is 0.416 e. The number of nitrogens with zero attached hydrogens (tertiary/aromatic N) is 3. The Labute approximate surface area is 201 Å². The molecule has 1 aliphatic heterocycles. The first-order chi connectivity index (χ1) is 16.4. The number of hydrogen-bond acceptors (Lipinski definition) is 5. The Morgan fingerprint density at radius 2 is 1.89 bits per heavy atom. The molecule has 0 bridgehead atoms. The molecule has 1 atom stereocenters. The van der Waals surface area contributed by atoms with E-state index in [0.717, 1.165) is 36.1 Å². The predicted octanol–water partition coefficient (Wildman–Crippen LogP) is 5.66. The van der Waals surface area contributed by atoms with Crippen LogP contribution in [0.15, 0.2) is 47.0 Å². The third kappa shape index (κ3) is 5.41.